The van der Waals surface area contributed by atoms with E-state index in [1.807, 2.05) is 0 Å². The maximum atomic E-state index is 12.5. The molecular formula is C12H14N6O4S. The van der Waals surface area contributed by atoms with Gasteiger partial charge in [-0.15, -0.1) is 10.1 Å². The number of morpholine rings is 1. The van der Waals surface area contributed by atoms with Crippen LogP contribution in [0.25, 0.3) is 5.65 Å². The van der Waals surface area contributed by atoms with Crippen molar-refractivity contribution in [1.29, 1.82) is 0 Å². The molecule has 10 nitrogen and oxygen atoms in total. The number of carbonyl (C=O) groups is 2. The molecule has 122 valence electrons. The van der Waals surface area contributed by atoms with Crippen molar-refractivity contribution in [2.24, 2.45) is 4.99 Å². The second-order valence-corrected chi connectivity index (χ2v) is 5.27. The van der Waals surface area contributed by atoms with Crippen molar-refractivity contribution in [1.82, 2.24) is 23.9 Å². The average Bonchev–Trinajstić information content (AvgIpc) is 3.00. The van der Waals surface area contributed by atoms with Gasteiger partial charge in [-0.25, -0.2) is 9.78 Å². The van der Waals surface area contributed by atoms with Crippen LogP contribution in [-0.4, -0.2) is 68.8 Å². The molecule has 0 atom stereocenters. The van der Waals surface area contributed by atoms with Gasteiger partial charge in [-0.3, -0.25) is 9.20 Å². The van der Waals surface area contributed by atoms with E-state index in [1.165, 1.54) is 10.7 Å². The number of nitrogens with zero attached hydrogens (tertiary/aromatic N) is 6. The summed E-state index contributed by atoms with van der Waals surface area (Å²) < 4.78 is 15.3. The molecule has 1 saturated heterocycles. The average molecular weight is 338 g/mol. The van der Waals surface area contributed by atoms with Crippen LogP contribution < -0.4 is 4.80 Å². The number of hydrogen-bond donors (Lipinski definition) is 0. The molecule has 0 unspecified atom stereocenters. The van der Waals surface area contributed by atoms with Gasteiger partial charge in [-0.2, -0.15) is 0 Å². The summed E-state index contributed by atoms with van der Waals surface area (Å²) >= 11 is 0.906. The molecule has 3 rings (SSSR count). The second-order valence-electron chi connectivity index (χ2n) is 4.56. The number of fused-ring (bicyclic) bond motifs is 1. The molecule has 0 bridgehead atoms. The van der Waals surface area contributed by atoms with Gasteiger partial charge in [-0.1, -0.05) is 4.49 Å². The summed E-state index contributed by atoms with van der Waals surface area (Å²) in [5, 5.41) is 3.95. The fourth-order valence-corrected chi connectivity index (χ4v) is 2.62. The molecule has 23 heavy (non-hydrogen) atoms. The first-order valence-electron chi connectivity index (χ1n) is 6.99. The first-order chi connectivity index (χ1) is 11.2. The van der Waals surface area contributed by atoms with Crippen molar-refractivity contribution in [2.45, 2.75) is 6.92 Å². The van der Waals surface area contributed by atoms with Gasteiger partial charge in [-0.05, 0) is 6.92 Å². The van der Waals surface area contributed by atoms with E-state index in [4.69, 9.17) is 9.47 Å². The predicted molar refractivity (Wildman–Crippen MR) is 78.0 cm³/mol. The van der Waals surface area contributed by atoms with Crippen LogP contribution in [0, 0.1) is 0 Å². The highest BCUT2D eigenvalue weighted by molar-refractivity contribution is 7.02. The van der Waals surface area contributed by atoms with Gasteiger partial charge < -0.3 is 14.4 Å². The van der Waals surface area contributed by atoms with Gasteiger partial charge >= 0.3 is 6.09 Å². The van der Waals surface area contributed by atoms with Crippen LogP contribution in [0.4, 0.5) is 4.79 Å². The maximum absolute atomic E-state index is 12.5. The number of hydrogen-bond acceptors (Lipinski definition) is 8. The molecule has 0 N–H and O–H groups in total. The Kier molecular flexibility index (Phi) is 4.57. The van der Waals surface area contributed by atoms with Gasteiger partial charge in [0.05, 0.1) is 19.8 Å². The zero-order valence-electron chi connectivity index (χ0n) is 12.3. The van der Waals surface area contributed by atoms with Gasteiger partial charge in [0.25, 0.3) is 5.91 Å². The van der Waals surface area contributed by atoms with E-state index in [9.17, 15) is 9.59 Å². The number of ether oxygens (including phenoxy) is 2. The Morgan fingerprint density at radius 1 is 1.43 bits per heavy atom. The second kappa shape index (κ2) is 6.79. The Balaban J connectivity index is 1.98. The zero-order chi connectivity index (χ0) is 16.2. The van der Waals surface area contributed by atoms with Crippen LogP contribution in [0.2, 0.25) is 0 Å². The van der Waals surface area contributed by atoms with Crippen LogP contribution in [0.1, 0.15) is 17.4 Å². The Labute approximate surface area is 134 Å². The largest absolute Gasteiger partial charge is 0.448 e. The van der Waals surface area contributed by atoms with Crippen LogP contribution >= 0.6 is 11.5 Å². The third kappa shape index (κ3) is 3.19. The maximum Gasteiger partial charge on any atom is 0.436 e. The predicted octanol–water partition coefficient (Wildman–Crippen LogP) is -0.285. The molecule has 0 radical (unpaired) electrons. The monoisotopic (exact) mass is 338 g/mol. The first kappa shape index (κ1) is 15.5. The van der Waals surface area contributed by atoms with Crippen molar-refractivity contribution in [3.8, 4) is 0 Å². The Hall–Kier alpha value is -2.40. The standard InChI is InChI=1S/C12H14N6O4S/c1-2-22-12(20)14-11-18-7-13-8(9(18)15-16-23-11)10(19)17-3-5-21-6-4-17/h7H,2-6H2,1H3. The fraction of sp³-hybridized carbons (Fsp3) is 0.500. The lowest BCUT2D eigenvalue weighted by Crippen LogP contribution is -2.41. The molecule has 0 spiro atoms. The third-order valence-corrected chi connectivity index (χ3v) is 3.78. The minimum absolute atomic E-state index is 0.174. The molecule has 1 aliphatic heterocycles. The van der Waals surface area contributed by atoms with Crippen molar-refractivity contribution in [3.05, 3.63) is 16.8 Å². The Morgan fingerprint density at radius 2 is 2.22 bits per heavy atom. The summed E-state index contributed by atoms with van der Waals surface area (Å²) in [7, 11) is 0. The number of carbonyl (C=O) groups excluding carboxylic acids is 2. The summed E-state index contributed by atoms with van der Waals surface area (Å²) in [6, 6.07) is 0. The van der Waals surface area contributed by atoms with E-state index < -0.39 is 6.09 Å². The molecule has 2 aromatic heterocycles. The van der Waals surface area contributed by atoms with Crippen molar-refractivity contribution in [3.63, 3.8) is 0 Å². The lowest BCUT2D eigenvalue weighted by atomic mass is 10.3. The Morgan fingerprint density at radius 3 is 2.96 bits per heavy atom. The van der Waals surface area contributed by atoms with Crippen LogP contribution in [-0.2, 0) is 9.47 Å². The minimum atomic E-state index is -0.729. The van der Waals surface area contributed by atoms with Crippen LogP contribution in [0.5, 0.6) is 0 Å². The lowest BCUT2D eigenvalue weighted by Gasteiger charge is -2.25. The van der Waals surface area contributed by atoms with E-state index in [0.717, 1.165) is 11.5 Å². The number of rotatable bonds is 2. The van der Waals surface area contributed by atoms with E-state index in [1.54, 1.807) is 11.8 Å². The summed E-state index contributed by atoms with van der Waals surface area (Å²) in [4.78, 5) is 33.8. The smallest absolute Gasteiger partial charge is 0.436 e. The third-order valence-electron chi connectivity index (χ3n) is 3.16. The van der Waals surface area contributed by atoms with Gasteiger partial charge in [0.2, 0.25) is 4.80 Å². The first-order valence-corrected chi connectivity index (χ1v) is 7.76. The number of imidazole rings is 1. The van der Waals surface area contributed by atoms with Crippen molar-refractivity contribution < 1.29 is 19.1 Å². The molecule has 2 amide bonds. The van der Waals surface area contributed by atoms with E-state index in [0.29, 0.717) is 26.3 Å². The summed E-state index contributed by atoms with van der Waals surface area (Å²) in [5.41, 5.74) is 0.427. The van der Waals surface area contributed by atoms with Gasteiger partial charge in [0.1, 0.15) is 6.33 Å². The SMILES string of the molecule is CCOC(=O)N=c1snnc2c(C(=O)N3CCOCC3)ncn12. The van der Waals surface area contributed by atoms with E-state index in [-0.39, 0.29) is 28.7 Å². The number of aromatic nitrogens is 4. The van der Waals surface area contributed by atoms with E-state index >= 15 is 0 Å². The topological polar surface area (TPSA) is 111 Å². The molecule has 1 fully saturated rings. The highest BCUT2D eigenvalue weighted by atomic mass is 32.1. The molecule has 2 aromatic rings. The highest BCUT2D eigenvalue weighted by Crippen LogP contribution is 2.09. The minimum Gasteiger partial charge on any atom is -0.448 e. The normalized spacial score (nSPS) is 15.9. The zero-order valence-corrected chi connectivity index (χ0v) is 13.2. The van der Waals surface area contributed by atoms with Crippen LogP contribution in [0.3, 0.4) is 0 Å². The van der Waals surface area contributed by atoms with Gasteiger partial charge in [0.15, 0.2) is 11.3 Å². The van der Waals surface area contributed by atoms with Crippen molar-refractivity contribution >= 4 is 29.2 Å². The summed E-state index contributed by atoms with van der Waals surface area (Å²) in [6.45, 7) is 3.90. The highest BCUT2D eigenvalue weighted by Gasteiger charge is 2.24. The molecule has 0 saturated carbocycles. The molecule has 1 aliphatic rings. The number of amides is 2. The quantitative estimate of drug-likeness (QED) is 0.740. The van der Waals surface area contributed by atoms with Gasteiger partial charge in [0, 0.05) is 24.6 Å². The molecule has 0 aliphatic carbocycles. The lowest BCUT2D eigenvalue weighted by molar-refractivity contribution is 0.0300. The van der Waals surface area contributed by atoms with Crippen LogP contribution in [0.15, 0.2) is 11.3 Å². The van der Waals surface area contributed by atoms with E-state index in [2.05, 4.69) is 19.6 Å². The molecule has 0 aromatic carbocycles. The van der Waals surface area contributed by atoms with Crippen molar-refractivity contribution in [2.75, 3.05) is 32.9 Å². The molecule has 11 heteroatoms. The summed E-state index contributed by atoms with van der Waals surface area (Å²) in [5.74, 6) is -0.247. The summed E-state index contributed by atoms with van der Waals surface area (Å²) in [6.07, 6.45) is 0.666. The molecule has 3 heterocycles. The Bertz CT molecular complexity index is 794. The fourth-order valence-electron chi connectivity index (χ4n) is 2.09. The molecular weight excluding hydrogens is 324 g/mol.